The quantitative estimate of drug-likeness (QED) is 0.751. The fourth-order valence-electron chi connectivity index (χ4n) is 2.15. The number of rotatable bonds is 5. The van der Waals surface area contributed by atoms with Gasteiger partial charge in [-0.2, -0.15) is 4.98 Å². The zero-order valence-corrected chi connectivity index (χ0v) is 13.6. The second kappa shape index (κ2) is 7.40. The van der Waals surface area contributed by atoms with Crippen LogP contribution in [0.4, 0.5) is 8.78 Å². The summed E-state index contributed by atoms with van der Waals surface area (Å²) in [5, 5.41) is 6.87. The van der Waals surface area contributed by atoms with Crippen LogP contribution in [0.2, 0.25) is 5.02 Å². The van der Waals surface area contributed by atoms with Crippen molar-refractivity contribution >= 4 is 17.5 Å². The van der Waals surface area contributed by atoms with Crippen LogP contribution in [0.5, 0.6) is 0 Å². The highest BCUT2D eigenvalue weighted by Crippen LogP contribution is 2.20. The molecule has 0 fully saturated rings. The van der Waals surface area contributed by atoms with Crippen LogP contribution in [0.25, 0.3) is 11.4 Å². The number of nitrogens with one attached hydrogen (secondary N) is 1. The van der Waals surface area contributed by atoms with Gasteiger partial charge in [-0.1, -0.05) is 28.9 Å². The summed E-state index contributed by atoms with van der Waals surface area (Å²) in [6.07, 6.45) is 0.246. The Bertz CT molecular complexity index is 914. The van der Waals surface area contributed by atoms with Crippen LogP contribution in [0.15, 0.2) is 47.0 Å². The summed E-state index contributed by atoms with van der Waals surface area (Å²) in [4.78, 5) is 16.1. The highest BCUT2D eigenvalue weighted by Gasteiger charge is 2.13. The SMILES string of the molecule is O=C(NCCc1nc(-c2cccc(Cl)c2)no1)c1cc(F)ccc1F. The Labute approximate surface area is 146 Å². The second-order valence-electron chi connectivity index (χ2n) is 5.15. The topological polar surface area (TPSA) is 68.0 Å². The van der Waals surface area contributed by atoms with Gasteiger partial charge < -0.3 is 9.84 Å². The van der Waals surface area contributed by atoms with Gasteiger partial charge >= 0.3 is 0 Å². The van der Waals surface area contributed by atoms with Gasteiger partial charge in [0, 0.05) is 23.6 Å². The molecule has 0 aliphatic carbocycles. The van der Waals surface area contributed by atoms with Crippen LogP contribution in [-0.2, 0) is 6.42 Å². The molecule has 3 aromatic rings. The van der Waals surface area contributed by atoms with Crippen LogP contribution < -0.4 is 5.32 Å². The molecule has 1 aromatic heterocycles. The van der Waals surface area contributed by atoms with Gasteiger partial charge in [-0.3, -0.25) is 4.79 Å². The van der Waals surface area contributed by atoms with E-state index >= 15 is 0 Å². The molecule has 2 aromatic carbocycles. The molecule has 3 rings (SSSR count). The first-order chi connectivity index (χ1) is 12.0. The Balaban J connectivity index is 1.59. The minimum Gasteiger partial charge on any atom is -0.351 e. The van der Waals surface area contributed by atoms with Crippen LogP contribution in [0.1, 0.15) is 16.2 Å². The molecule has 0 radical (unpaired) electrons. The molecule has 0 saturated heterocycles. The smallest absolute Gasteiger partial charge is 0.254 e. The van der Waals surface area contributed by atoms with Gasteiger partial charge in [0.2, 0.25) is 11.7 Å². The van der Waals surface area contributed by atoms with E-state index in [0.717, 1.165) is 18.2 Å². The molecule has 0 aliphatic heterocycles. The maximum Gasteiger partial charge on any atom is 0.254 e. The van der Waals surface area contributed by atoms with Crippen molar-refractivity contribution < 1.29 is 18.1 Å². The van der Waals surface area contributed by atoms with E-state index in [4.69, 9.17) is 16.1 Å². The number of hydrogen-bond acceptors (Lipinski definition) is 4. The number of nitrogens with zero attached hydrogens (tertiary/aromatic N) is 2. The number of amides is 1. The van der Waals surface area contributed by atoms with Crippen molar-refractivity contribution in [3.8, 4) is 11.4 Å². The zero-order chi connectivity index (χ0) is 17.8. The molecule has 0 atom stereocenters. The van der Waals surface area contributed by atoms with E-state index < -0.39 is 17.5 Å². The van der Waals surface area contributed by atoms with Gasteiger partial charge in [0.1, 0.15) is 11.6 Å². The van der Waals surface area contributed by atoms with Crippen LogP contribution in [-0.4, -0.2) is 22.6 Å². The Hall–Kier alpha value is -2.80. The number of benzene rings is 2. The first kappa shape index (κ1) is 17.0. The van der Waals surface area contributed by atoms with E-state index in [1.165, 1.54) is 0 Å². The lowest BCUT2D eigenvalue weighted by Gasteiger charge is -2.04. The summed E-state index contributed by atoms with van der Waals surface area (Å²) < 4.78 is 31.7. The summed E-state index contributed by atoms with van der Waals surface area (Å²) in [6.45, 7) is 0.131. The third-order valence-electron chi connectivity index (χ3n) is 3.35. The van der Waals surface area contributed by atoms with Gasteiger partial charge in [-0.15, -0.1) is 0 Å². The summed E-state index contributed by atoms with van der Waals surface area (Å²) >= 11 is 5.91. The Morgan fingerprint density at radius 2 is 2.04 bits per heavy atom. The summed E-state index contributed by atoms with van der Waals surface area (Å²) in [5.41, 5.74) is 0.346. The molecule has 25 heavy (non-hydrogen) atoms. The van der Waals surface area contributed by atoms with Crippen LogP contribution in [0, 0.1) is 11.6 Å². The fraction of sp³-hybridized carbons (Fsp3) is 0.118. The van der Waals surface area contributed by atoms with Crippen molar-refractivity contribution in [3.63, 3.8) is 0 Å². The molecule has 8 heteroatoms. The number of aromatic nitrogens is 2. The lowest BCUT2D eigenvalue weighted by atomic mass is 10.2. The number of carbonyl (C=O) groups is 1. The summed E-state index contributed by atoms with van der Waals surface area (Å²) in [7, 11) is 0. The van der Waals surface area contributed by atoms with Gasteiger partial charge in [0.05, 0.1) is 5.56 Å². The van der Waals surface area contributed by atoms with E-state index in [-0.39, 0.29) is 18.5 Å². The molecule has 0 aliphatic rings. The largest absolute Gasteiger partial charge is 0.351 e. The normalized spacial score (nSPS) is 10.7. The number of hydrogen-bond donors (Lipinski definition) is 1. The molecule has 1 amide bonds. The molecule has 128 valence electrons. The van der Waals surface area contributed by atoms with Gasteiger partial charge in [-0.25, -0.2) is 8.78 Å². The zero-order valence-electron chi connectivity index (χ0n) is 12.8. The maximum absolute atomic E-state index is 13.5. The van der Waals surface area contributed by atoms with E-state index in [0.29, 0.717) is 22.3 Å². The lowest BCUT2D eigenvalue weighted by molar-refractivity contribution is 0.0949. The molecular weight excluding hydrogens is 352 g/mol. The molecule has 0 bridgehead atoms. The molecule has 5 nitrogen and oxygen atoms in total. The standard InChI is InChI=1S/C17H12ClF2N3O2/c18-11-3-1-2-10(8-11)16-22-15(25-23-16)6-7-21-17(24)13-9-12(19)4-5-14(13)20/h1-5,8-9H,6-7H2,(H,21,24). The summed E-state index contributed by atoms with van der Waals surface area (Å²) in [5.74, 6) is -1.52. The van der Waals surface area contributed by atoms with Gasteiger partial charge in [-0.05, 0) is 30.3 Å². The predicted molar refractivity (Wildman–Crippen MR) is 87.1 cm³/mol. The molecule has 0 unspecified atom stereocenters. The fourth-order valence-corrected chi connectivity index (χ4v) is 2.34. The molecule has 1 heterocycles. The Morgan fingerprint density at radius 1 is 1.20 bits per heavy atom. The van der Waals surface area contributed by atoms with Crippen molar-refractivity contribution in [1.82, 2.24) is 15.5 Å². The highest BCUT2D eigenvalue weighted by atomic mass is 35.5. The van der Waals surface area contributed by atoms with Crippen molar-refractivity contribution in [2.75, 3.05) is 6.54 Å². The number of carbonyl (C=O) groups excluding carboxylic acids is 1. The Morgan fingerprint density at radius 3 is 2.84 bits per heavy atom. The average Bonchev–Trinajstić information content (AvgIpc) is 3.06. The first-order valence-electron chi connectivity index (χ1n) is 7.35. The molecule has 1 N–H and O–H groups in total. The van der Waals surface area contributed by atoms with E-state index in [2.05, 4.69) is 15.5 Å². The van der Waals surface area contributed by atoms with Crippen molar-refractivity contribution in [2.24, 2.45) is 0 Å². The third-order valence-corrected chi connectivity index (χ3v) is 3.58. The van der Waals surface area contributed by atoms with E-state index in [1.807, 2.05) is 0 Å². The van der Waals surface area contributed by atoms with Gasteiger partial charge in [0.15, 0.2) is 0 Å². The van der Waals surface area contributed by atoms with Crippen LogP contribution >= 0.6 is 11.6 Å². The Kier molecular flexibility index (Phi) is 5.04. The first-order valence-corrected chi connectivity index (χ1v) is 7.72. The van der Waals surface area contributed by atoms with Crippen molar-refractivity contribution in [1.29, 1.82) is 0 Å². The third kappa shape index (κ3) is 4.19. The van der Waals surface area contributed by atoms with Gasteiger partial charge in [0.25, 0.3) is 5.91 Å². The predicted octanol–water partition coefficient (Wildman–Crippen LogP) is 3.64. The minimum atomic E-state index is -0.792. The minimum absolute atomic E-state index is 0.131. The monoisotopic (exact) mass is 363 g/mol. The lowest BCUT2D eigenvalue weighted by Crippen LogP contribution is -2.26. The van der Waals surface area contributed by atoms with E-state index in [9.17, 15) is 13.6 Å². The maximum atomic E-state index is 13.5. The van der Waals surface area contributed by atoms with E-state index in [1.54, 1.807) is 24.3 Å². The van der Waals surface area contributed by atoms with Crippen molar-refractivity contribution in [3.05, 3.63) is 70.6 Å². The molecule has 0 spiro atoms. The van der Waals surface area contributed by atoms with Crippen molar-refractivity contribution in [2.45, 2.75) is 6.42 Å². The molecular formula is C17H12ClF2N3O2. The average molecular weight is 364 g/mol. The van der Waals surface area contributed by atoms with Crippen LogP contribution in [0.3, 0.4) is 0 Å². The second-order valence-corrected chi connectivity index (χ2v) is 5.59. The summed E-state index contributed by atoms with van der Waals surface area (Å²) in [6, 6.07) is 9.67. The number of halogens is 3. The highest BCUT2D eigenvalue weighted by molar-refractivity contribution is 6.30. The molecule has 0 saturated carbocycles.